The highest BCUT2D eigenvalue weighted by molar-refractivity contribution is 6.15. The molecular weight excluding hydrogens is 304 g/mol. The first-order chi connectivity index (χ1) is 11.0. The van der Waals surface area contributed by atoms with Crippen molar-refractivity contribution in [3.05, 3.63) is 50.6 Å². The van der Waals surface area contributed by atoms with Crippen LogP contribution in [0, 0.1) is 0 Å². The van der Waals surface area contributed by atoms with Crippen LogP contribution < -0.4 is 11.0 Å². The number of fused-ring (bicyclic) bond motifs is 2. The minimum absolute atomic E-state index is 0.0834. The summed E-state index contributed by atoms with van der Waals surface area (Å²) in [6, 6.07) is 4.26. The van der Waals surface area contributed by atoms with Gasteiger partial charge in [0.2, 0.25) is 5.43 Å². The minimum atomic E-state index is -1.20. The lowest BCUT2D eigenvalue weighted by Gasteiger charge is -2.03. The van der Waals surface area contributed by atoms with Gasteiger partial charge in [-0.3, -0.25) is 9.59 Å². The Morgan fingerprint density at radius 1 is 1.26 bits per heavy atom. The van der Waals surface area contributed by atoms with Gasteiger partial charge in [0.15, 0.2) is 11.0 Å². The van der Waals surface area contributed by atoms with Crippen LogP contribution in [0.25, 0.3) is 27.5 Å². The molecule has 9 nitrogen and oxygen atoms in total. The Labute approximate surface area is 127 Å². The molecule has 3 rings (SSSR count). The highest BCUT2D eigenvalue weighted by Crippen LogP contribution is 2.18. The van der Waals surface area contributed by atoms with Gasteiger partial charge >= 0.3 is 5.97 Å². The first kappa shape index (κ1) is 14.4. The molecule has 1 aromatic carbocycles. The van der Waals surface area contributed by atoms with Crippen LogP contribution >= 0.6 is 0 Å². The van der Waals surface area contributed by atoms with Gasteiger partial charge in [0.05, 0.1) is 18.9 Å². The molecule has 0 amide bonds. The van der Waals surface area contributed by atoms with E-state index in [0.29, 0.717) is 0 Å². The molecule has 9 heteroatoms. The minimum Gasteiger partial charge on any atom is -0.503 e. The Morgan fingerprint density at radius 2 is 2.00 bits per heavy atom. The molecule has 0 spiro atoms. The van der Waals surface area contributed by atoms with Crippen molar-refractivity contribution >= 4 is 33.5 Å². The maximum atomic E-state index is 12.4. The third-order valence-corrected chi connectivity index (χ3v) is 3.27. The van der Waals surface area contributed by atoms with Crippen LogP contribution in [0.2, 0.25) is 0 Å². The van der Waals surface area contributed by atoms with E-state index in [1.165, 1.54) is 25.3 Å². The Morgan fingerprint density at radius 3 is 2.70 bits per heavy atom. The van der Waals surface area contributed by atoms with Gasteiger partial charge in [-0.2, -0.15) is 15.4 Å². The van der Waals surface area contributed by atoms with Gasteiger partial charge in [-0.1, -0.05) is 6.07 Å². The number of H-pyrrole nitrogens is 2. The largest absolute Gasteiger partial charge is 0.503 e. The summed E-state index contributed by atoms with van der Waals surface area (Å²) >= 11 is 0. The van der Waals surface area contributed by atoms with Crippen LogP contribution in [0.4, 0.5) is 0 Å². The number of hydrogen-bond donors (Lipinski definition) is 3. The lowest BCUT2D eigenvalue weighted by molar-refractivity contribution is -0.130. The van der Waals surface area contributed by atoms with E-state index in [0.717, 1.165) is 6.26 Å². The molecule has 0 atom stereocenters. The highest BCUT2D eigenvalue weighted by atomic mass is 16.5. The molecule has 0 aliphatic heterocycles. The van der Waals surface area contributed by atoms with Crippen molar-refractivity contribution in [3.8, 4) is 0 Å². The quantitative estimate of drug-likeness (QED) is 0.464. The van der Waals surface area contributed by atoms with Gasteiger partial charge < -0.3 is 14.8 Å². The van der Waals surface area contributed by atoms with Crippen molar-refractivity contribution in [3.63, 3.8) is 0 Å². The van der Waals surface area contributed by atoms with Gasteiger partial charge in [-0.25, -0.2) is 4.79 Å². The fraction of sp³-hybridized carbons (Fsp3) is 0.0714. The van der Waals surface area contributed by atoms with Crippen molar-refractivity contribution in [2.75, 3.05) is 7.11 Å². The predicted octanol–water partition coefficient (Wildman–Crippen LogP) is 0.231. The number of carboxylic acids is 1. The summed E-state index contributed by atoms with van der Waals surface area (Å²) in [5.41, 5.74) is -0.941. The Kier molecular flexibility index (Phi) is 3.37. The molecular formula is C14H10N4O5. The van der Waals surface area contributed by atoms with Gasteiger partial charge in [0.25, 0.3) is 5.56 Å². The molecule has 0 saturated heterocycles. The molecule has 0 fully saturated rings. The second kappa shape index (κ2) is 5.37. The number of hydrogen-bond acceptors (Lipinski definition) is 6. The molecule has 0 unspecified atom stereocenters. The van der Waals surface area contributed by atoms with Gasteiger partial charge in [0.1, 0.15) is 5.57 Å². The fourth-order valence-electron chi connectivity index (χ4n) is 2.23. The summed E-state index contributed by atoms with van der Waals surface area (Å²) in [5, 5.41) is 19.0. The molecule has 116 valence electrons. The predicted molar refractivity (Wildman–Crippen MR) is 80.9 cm³/mol. The number of carbonyl (C=O) groups is 1. The van der Waals surface area contributed by atoms with Crippen molar-refractivity contribution in [2.24, 2.45) is 0 Å². The number of nitrogens with zero attached hydrogens (tertiary/aromatic N) is 2. The lowest BCUT2D eigenvalue weighted by Crippen LogP contribution is -2.03. The molecule has 2 heterocycles. The first-order valence-corrected chi connectivity index (χ1v) is 6.40. The van der Waals surface area contributed by atoms with Gasteiger partial charge in [0, 0.05) is 5.39 Å². The summed E-state index contributed by atoms with van der Waals surface area (Å²) in [6.45, 7) is 0. The van der Waals surface area contributed by atoms with Crippen LogP contribution in [0.3, 0.4) is 0 Å². The zero-order chi connectivity index (χ0) is 16.6. The zero-order valence-corrected chi connectivity index (χ0v) is 11.8. The highest BCUT2D eigenvalue weighted by Gasteiger charge is 2.14. The molecule has 23 heavy (non-hydrogen) atoms. The Bertz CT molecular complexity index is 1080. The lowest BCUT2D eigenvalue weighted by atomic mass is 10.1. The summed E-state index contributed by atoms with van der Waals surface area (Å²) < 4.78 is 4.75. The smallest absolute Gasteiger partial charge is 0.339 e. The average molecular weight is 314 g/mol. The van der Waals surface area contributed by atoms with E-state index in [4.69, 9.17) is 4.74 Å². The van der Waals surface area contributed by atoms with E-state index < -0.39 is 17.0 Å². The number of nitrogens with one attached hydrogen (secondary N) is 2. The molecule has 0 saturated carbocycles. The first-order valence-electron chi connectivity index (χ1n) is 6.40. The van der Waals surface area contributed by atoms with Crippen molar-refractivity contribution in [2.45, 2.75) is 0 Å². The third-order valence-electron chi connectivity index (χ3n) is 3.27. The van der Waals surface area contributed by atoms with Crippen LogP contribution in [0.15, 0.2) is 34.1 Å². The number of aromatic amines is 2. The monoisotopic (exact) mass is 314 g/mol. The maximum Gasteiger partial charge on any atom is 0.339 e. The van der Waals surface area contributed by atoms with E-state index in [1.54, 1.807) is 0 Å². The zero-order valence-electron chi connectivity index (χ0n) is 11.8. The Balaban J connectivity index is 2.40. The molecule has 0 bridgehead atoms. The number of benzene rings is 1. The van der Waals surface area contributed by atoms with E-state index in [1.807, 2.05) is 0 Å². The van der Waals surface area contributed by atoms with E-state index >= 15 is 0 Å². The number of methoxy groups -OCH3 is 1. The van der Waals surface area contributed by atoms with Gasteiger partial charge in [-0.05, 0) is 17.7 Å². The fourth-order valence-corrected chi connectivity index (χ4v) is 2.23. The van der Waals surface area contributed by atoms with E-state index in [-0.39, 0.29) is 33.1 Å². The Hall–Kier alpha value is -3.49. The van der Waals surface area contributed by atoms with Crippen molar-refractivity contribution in [1.82, 2.24) is 20.4 Å². The molecule has 3 aromatic rings. The number of carboxylic acid groups (broad SMARTS) is 1. The van der Waals surface area contributed by atoms with Crippen molar-refractivity contribution < 1.29 is 14.6 Å². The number of rotatable bonds is 3. The normalized spacial score (nSPS) is 11.8. The summed E-state index contributed by atoms with van der Waals surface area (Å²) in [5.74, 6) is -1.20. The van der Waals surface area contributed by atoms with Crippen LogP contribution in [0.1, 0.15) is 5.56 Å². The average Bonchev–Trinajstić information content (AvgIpc) is 2.98. The van der Waals surface area contributed by atoms with Crippen LogP contribution in [-0.4, -0.2) is 38.6 Å². The van der Waals surface area contributed by atoms with Gasteiger partial charge in [-0.15, -0.1) is 0 Å². The number of aliphatic carboxylic acids is 1. The number of ether oxygens (including phenoxy) is 1. The van der Waals surface area contributed by atoms with Crippen LogP contribution in [-0.2, 0) is 9.53 Å². The topological polar surface area (TPSA) is 138 Å². The summed E-state index contributed by atoms with van der Waals surface area (Å²) in [6.07, 6.45) is 1.07. The second-order valence-electron chi connectivity index (χ2n) is 4.64. The van der Waals surface area contributed by atoms with Crippen LogP contribution in [0.5, 0.6) is 0 Å². The maximum absolute atomic E-state index is 12.4. The third kappa shape index (κ3) is 2.33. The summed E-state index contributed by atoms with van der Waals surface area (Å²) in [7, 11) is 1.32. The van der Waals surface area contributed by atoms with E-state index in [2.05, 4.69) is 20.4 Å². The molecule has 0 aliphatic carbocycles. The molecule has 3 N–H and O–H groups in total. The molecule has 0 radical (unpaired) electrons. The molecule has 0 aliphatic rings. The van der Waals surface area contributed by atoms with E-state index in [9.17, 15) is 19.5 Å². The summed E-state index contributed by atoms with van der Waals surface area (Å²) in [4.78, 5) is 38.3. The van der Waals surface area contributed by atoms with Crippen molar-refractivity contribution in [1.29, 1.82) is 0 Å². The standard InChI is InChI=1S/C14H10N4O5/c1-23-5-8(14(21)22)6-2-3-7-9(4-6)15-13(20)11-10(12(7)19)16-18-17-11/h2-5H,1H3,(H,15,20)(H,21,22)(H,16,17,18)/b8-5+. The SMILES string of the molecule is CO/C=C(/C(=O)O)c1ccc2c(=O)c3n[nH]nc3c(=O)[nH]c2c1. The molecule has 2 aromatic heterocycles. The number of aromatic nitrogens is 4. The second-order valence-corrected chi connectivity index (χ2v) is 4.64.